The second kappa shape index (κ2) is 7.32. The van der Waals surface area contributed by atoms with Gasteiger partial charge in [-0.1, -0.05) is 48.5 Å². The molecule has 2 aliphatic heterocycles. The number of rotatable bonds is 5. The van der Waals surface area contributed by atoms with E-state index in [0.717, 1.165) is 33.5 Å². The van der Waals surface area contributed by atoms with Gasteiger partial charge in [0, 0.05) is 23.4 Å². The molecule has 0 amide bonds. The first-order valence-electron chi connectivity index (χ1n) is 10.8. The highest BCUT2D eigenvalue weighted by Gasteiger charge is 2.59. The number of unbranched alkanes of at least 4 members (excludes halogenated alkanes) is 1. The molecule has 0 aliphatic carbocycles. The summed E-state index contributed by atoms with van der Waals surface area (Å²) in [5.41, 5.74) is 1.73. The molecule has 166 valence electrons. The highest BCUT2D eigenvalue weighted by molar-refractivity contribution is 7.85. The smallest absolute Gasteiger partial charge is 0.228 e. The van der Waals surface area contributed by atoms with Crippen LogP contribution in [0.15, 0.2) is 65.7 Å². The Labute approximate surface area is 188 Å². The van der Waals surface area contributed by atoms with E-state index in [9.17, 15) is 13.0 Å². The highest BCUT2D eigenvalue weighted by atomic mass is 32.2. The zero-order valence-electron chi connectivity index (χ0n) is 18.1. The van der Waals surface area contributed by atoms with Gasteiger partial charge in [-0.25, -0.2) is 8.42 Å². The molecule has 32 heavy (non-hydrogen) atoms. The zero-order chi connectivity index (χ0) is 22.6. The van der Waals surface area contributed by atoms with E-state index in [2.05, 4.69) is 36.9 Å². The fourth-order valence-electron chi connectivity index (χ4n) is 4.99. The molecular formula is C25H25N2O4S-. The van der Waals surface area contributed by atoms with Gasteiger partial charge in [-0.2, -0.15) is 0 Å². The van der Waals surface area contributed by atoms with Crippen LogP contribution in [0.3, 0.4) is 0 Å². The van der Waals surface area contributed by atoms with Crippen molar-refractivity contribution in [3.63, 3.8) is 0 Å². The van der Waals surface area contributed by atoms with Gasteiger partial charge in [-0.05, 0) is 49.8 Å². The van der Waals surface area contributed by atoms with Gasteiger partial charge in [0.2, 0.25) is 5.72 Å². The molecule has 6 nitrogen and oxygen atoms in total. The van der Waals surface area contributed by atoms with Crippen LogP contribution in [0, 0.1) is 0 Å². The molecule has 5 rings (SSSR count). The Hall–Kier alpha value is -2.90. The molecule has 0 saturated heterocycles. The molecule has 1 unspecified atom stereocenters. The van der Waals surface area contributed by atoms with E-state index >= 15 is 0 Å². The molecule has 3 aromatic carbocycles. The summed E-state index contributed by atoms with van der Waals surface area (Å²) in [6, 6.07) is 20.3. The van der Waals surface area contributed by atoms with Gasteiger partial charge in [0.25, 0.3) is 0 Å². The van der Waals surface area contributed by atoms with E-state index in [-0.39, 0.29) is 5.75 Å². The minimum Gasteiger partial charge on any atom is -0.748 e. The van der Waals surface area contributed by atoms with Crippen LogP contribution < -0.4 is 9.64 Å². The molecule has 1 atom stereocenters. The summed E-state index contributed by atoms with van der Waals surface area (Å²) in [4.78, 5) is 7.08. The van der Waals surface area contributed by atoms with Crippen molar-refractivity contribution in [2.75, 3.05) is 17.2 Å². The van der Waals surface area contributed by atoms with E-state index < -0.39 is 21.3 Å². The van der Waals surface area contributed by atoms with Crippen molar-refractivity contribution in [3.8, 4) is 5.75 Å². The van der Waals surface area contributed by atoms with E-state index in [0.29, 0.717) is 19.4 Å². The van der Waals surface area contributed by atoms with Gasteiger partial charge in [0.1, 0.15) is 11.4 Å². The van der Waals surface area contributed by atoms with Gasteiger partial charge in [-0.15, -0.1) is 0 Å². The number of aliphatic imine (C=N–C) groups is 1. The first-order chi connectivity index (χ1) is 15.2. The molecule has 0 aromatic heterocycles. The number of hydrogen-bond acceptors (Lipinski definition) is 6. The summed E-state index contributed by atoms with van der Waals surface area (Å²) in [7, 11) is -4.22. The predicted molar refractivity (Wildman–Crippen MR) is 126 cm³/mol. The zero-order valence-corrected chi connectivity index (χ0v) is 18.9. The van der Waals surface area contributed by atoms with Crippen molar-refractivity contribution in [2.45, 2.75) is 37.8 Å². The minimum absolute atomic E-state index is 0.305. The summed E-state index contributed by atoms with van der Waals surface area (Å²) in [5.74, 6) is 0.363. The molecular weight excluding hydrogens is 424 g/mol. The Morgan fingerprint density at radius 3 is 2.56 bits per heavy atom. The lowest BCUT2D eigenvalue weighted by Crippen LogP contribution is -2.62. The molecule has 2 heterocycles. The molecule has 0 radical (unpaired) electrons. The van der Waals surface area contributed by atoms with E-state index in [1.54, 1.807) is 0 Å². The van der Waals surface area contributed by atoms with Gasteiger partial charge >= 0.3 is 0 Å². The summed E-state index contributed by atoms with van der Waals surface area (Å²) >= 11 is 0. The summed E-state index contributed by atoms with van der Waals surface area (Å²) < 4.78 is 40.0. The van der Waals surface area contributed by atoms with Crippen molar-refractivity contribution in [1.82, 2.24) is 0 Å². The van der Waals surface area contributed by atoms with Crippen molar-refractivity contribution in [1.29, 1.82) is 0 Å². The minimum atomic E-state index is -4.22. The summed E-state index contributed by atoms with van der Waals surface area (Å²) in [6.07, 6.45) is 2.75. The van der Waals surface area contributed by atoms with Crippen LogP contribution in [0.1, 0.15) is 32.3 Å². The highest BCUT2D eigenvalue weighted by Crippen LogP contribution is 2.54. The Balaban J connectivity index is 1.56. The largest absolute Gasteiger partial charge is 0.748 e. The maximum Gasteiger partial charge on any atom is 0.228 e. The Morgan fingerprint density at radius 2 is 1.75 bits per heavy atom. The fraction of sp³-hybridized carbons (Fsp3) is 0.320. The average molecular weight is 450 g/mol. The standard InChI is InChI=1S/C25H26N2O4S/c1-24(2)20-11-5-6-12-21(20)27(15-7-8-16-32(28,29)30)25(24)17-26-23-19-10-4-3-9-18(19)13-14-22(23)31-25/h3-6,9-14,17H,7-8,15-16H2,1-2H3,(H,28,29,30)/p-1. The van der Waals surface area contributed by atoms with E-state index in [1.165, 1.54) is 0 Å². The van der Waals surface area contributed by atoms with Crippen molar-refractivity contribution in [2.24, 2.45) is 4.99 Å². The van der Waals surface area contributed by atoms with Gasteiger partial charge < -0.3 is 14.2 Å². The average Bonchev–Trinajstić information content (AvgIpc) is 2.94. The fourth-order valence-corrected chi connectivity index (χ4v) is 5.55. The van der Waals surface area contributed by atoms with Crippen molar-refractivity contribution in [3.05, 3.63) is 66.2 Å². The van der Waals surface area contributed by atoms with Crippen LogP contribution in [-0.4, -0.2) is 37.2 Å². The van der Waals surface area contributed by atoms with Crippen LogP contribution in [0.2, 0.25) is 0 Å². The molecule has 0 N–H and O–H groups in total. The Morgan fingerprint density at radius 1 is 1.00 bits per heavy atom. The monoisotopic (exact) mass is 449 g/mol. The number of benzene rings is 3. The summed E-state index contributed by atoms with van der Waals surface area (Å²) in [5, 5.41) is 2.14. The molecule has 0 saturated carbocycles. The van der Waals surface area contributed by atoms with Crippen LogP contribution >= 0.6 is 0 Å². The number of para-hydroxylation sites is 1. The number of hydrogen-bond donors (Lipinski definition) is 0. The lowest BCUT2D eigenvalue weighted by Gasteiger charge is -2.46. The Bertz CT molecular complexity index is 1330. The van der Waals surface area contributed by atoms with E-state index in [1.807, 2.05) is 48.7 Å². The quantitative estimate of drug-likeness (QED) is 0.415. The first-order valence-corrected chi connectivity index (χ1v) is 12.4. The molecule has 0 fully saturated rings. The predicted octanol–water partition coefficient (Wildman–Crippen LogP) is 4.75. The molecule has 7 heteroatoms. The Kier molecular flexibility index (Phi) is 4.80. The third kappa shape index (κ3) is 3.19. The third-order valence-corrected chi connectivity index (χ3v) is 7.48. The third-order valence-electron chi connectivity index (χ3n) is 6.69. The van der Waals surface area contributed by atoms with Crippen LogP contribution in [-0.2, 0) is 15.5 Å². The number of nitrogens with zero attached hydrogens (tertiary/aromatic N) is 2. The first kappa shape index (κ1) is 21.0. The maximum absolute atomic E-state index is 11.1. The molecule has 3 aromatic rings. The maximum atomic E-state index is 11.1. The lowest BCUT2D eigenvalue weighted by atomic mass is 9.77. The van der Waals surface area contributed by atoms with Gasteiger partial charge in [0.15, 0.2) is 0 Å². The van der Waals surface area contributed by atoms with Crippen LogP contribution in [0.5, 0.6) is 5.75 Å². The van der Waals surface area contributed by atoms with Crippen molar-refractivity contribution < 1.29 is 17.7 Å². The van der Waals surface area contributed by atoms with Gasteiger partial charge in [0.05, 0.1) is 21.7 Å². The number of ether oxygens (including phenoxy) is 1. The second-order valence-corrected chi connectivity index (χ2v) is 10.5. The van der Waals surface area contributed by atoms with E-state index in [4.69, 9.17) is 9.73 Å². The van der Waals surface area contributed by atoms with Crippen LogP contribution in [0.4, 0.5) is 11.4 Å². The van der Waals surface area contributed by atoms with Crippen LogP contribution in [0.25, 0.3) is 10.8 Å². The number of anilines is 1. The summed E-state index contributed by atoms with van der Waals surface area (Å²) in [6.45, 7) is 4.84. The topological polar surface area (TPSA) is 82.0 Å². The molecule has 1 spiro atoms. The SMILES string of the molecule is CC1(C)c2ccccc2N(CCCCS(=O)(=O)[O-])C12C=Nc1c(ccc3ccccc13)O2. The lowest BCUT2D eigenvalue weighted by molar-refractivity contribution is 0.0775. The number of fused-ring (bicyclic) bond motifs is 4. The van der Waals surface area contributed by atoms with Gasteiger partial charge in [-0.3, -0.25) is 4.99 Å². The normalized spacial score (nSPS) is 20.9. The second-order valence-electron chi connectivity index (χ2n) is 8.95. The molecule has 0 bridgehead atoms. The molecule has 2 aliphatic rings. The van der Waals surface area contributed by atoms with Crippen molar-refractivity contribution >= 4 is 38.5 Å².